The zero-order valence-corrected chi connectivity index (χ0v) is 79.7. The Labute approximate surface area is 828 Å². The molecule has 4 nitrogen and oxygen atoms in total. The number of hydrogen-bond acceptors (Lipinski definition) is 5. The standard InChI is InChI=1S/C43H36O2.C43H36OS.C43H36OSe/c1-25-21-23-29(27(3)39(25)33-15-11-14-32-31-13-7-9-19-37(31)44-41(32)33)30-24-22-26(2)40(28(30)4)34-16-12-18-36-42(34)45-38-20-10-8-17-35(38)43(36,5)6;2*1-25-21-23-29(27(3)39(25)33-15-12-18-36-41(33)44-37-19-9-8-17-35(37)43(36,5)6)30-24-22-26(2)40(28(30)4)34-16-11-14-32-31-13-7-10-20-38(31)45-42(32)34/h3*7-24H,1-6H3/i4D3,5D3;2*3D3,5D3. The van der Waals surface area contributed by atoms with Crippen molar-refractivity contribution in [1.29, 1.82) is 0 Å². The van der Waals surface area contributed by atoms with Crippen LogP contribution in [-0.4, -0.2) is 14.5 Å². The molecule has 135 heavy (non-hydrogen) atoms. The van der Waals surface area contributed by atoms with Gasteiger partial charge in [0, 0.05) is 112 Å². The molecule has 0 saturated carbocycles. The van der Waals surface area contributed by atoms with Crippen molar-refractivity contribution in [3.63, 3.8) is 0 Å². The van der Waals surface area contributed by atoms with Crippen LogP contribution in [0, 0.1) is 82.9 Å². The van der Waals surface area contributed by atoms with Gasteiger partial charge in [0.15, 0.2) is 0 Å². The molecular weight excluding hydrogens is 1720 g/mol. The van der Waals surface area contributed by atoms with Gasteiger partial charge in [-0.1, -0.05) is 254 Å². The molecule has 18 aromatic carbocycles. The summed E-state index contributed by atoms with van der Waals surface area (Å²) in [6, 6.07) is 106. The Morgan fingerprint density at radius 1 is 0.252 bits per heavy atom. The summed E-state index contributed by atoms with van der Waals surface area (Å²) in [5.41, 5.74) is 23.8. The number of ether oxygens (including phenoxy) is 3. The van der Waals surface area contributed by atoms with Crippen LogP contribution in [0.25, 0.3) is 162 Å². The van der Waals surface area contributed by atoms with Gasteiger partial charge >= 0.3 is 233 Å². The van der Waals surface area contributed by atoms with E-state index >= 15 is 0 Å². The van der Waals surface area contributed by atoms with Gasteiger partial charge in [0.05, 0.1) is 0 Å². The summed E-state index contributed by atoms with van der Waals surface area (Å²) in [5.74, 6) is 2.47. The van der Waals surface area contributed by atoms with Crippen LogP contribution in [0.2, 0.25) is 0 Å². The van der Waals surface area contributed by atoms with Crippen molar-refractivity contribution in [3.05, 3.63) is 428 Å². The predicted octanol–water partition coefficient (Wildman–Crippen LogP) is 36.7. The van der Waals surface area contributed by atoms with E-state index in [-0.39, 0.29) is 31.2 Å². The van der Waals surface area contributed by atoms with Gasteiger partial charge in [-0.05, 0) is 175 Å². The van der Waals surface area contributed by atoms with Gasteiger partial charge in [0.1, 0.15) is 34.2 Å². The molecule has 24 rings (SSSR count). The molecule has 0 N–H and O–H groups in total. The molecule has 0 amide bonds. The van der Waals surface area contributed by atoms with E-state index in [0.29, 0.717) is 118 Å². The van der Waals surface area contributed by atoms with Crippen LogP contribution >= 0.6 is 11.3 Å². The van der Waals surface area contributed by atoms with Gasteiger partial charge in [-0.3, -0.25) is 0 Å². The monoisotopic (exact) mass is 1850 g/mol. The molecule has 3 unspecified atom stereocenters. The fourth-order valence-corrected chi connectivity index (χ4v) is 25.5. The van der Waals surface area contributed by atoms with E-state index in [9.17, 15) is 0 Å². The van der Waals surface area contributed by atoms with Gasteiger partial charge in [-0.15, -0.1) is 11.3 Å². The van der Waals surface area contributed by atoms with E-state index in [1.54, 1.807) is 92.8 Å². The normalized spacial score (nSPS) is 18.1. The third-order valence-corrected chi connectivity index (χ3v) is 32.3. The minimum atomic E-state index is -2.53. The van der Waals surface area contributed by atoms with Gasteiger partial charge in [-0.25, -0.2) is 0 Å². The molecule has 3 atom stereocenters. The number of fused-ring (bicyclic) bond motifs is 15. The topological polar surface area (TPSA) is 40.8 Å². The first-order valence-electron chi connectivity index (χ1n) is 54.8. The Kier molecular flexibility index (Phi) is 16.7. The molecule has 21 aromatic rings. The third kappa shape index (κ3) is 13.9. The quantitative estimate of drug-likeness (QED) is 0.135. The number of benzene rings is 18. The first-order valence-corrected chi connectivity index (χ1v) is 48.4. The zero-order valence-electron chi connectivity index (χ0n) is 95.1. The summed E-state index contributed by atoms with van der Waals surface area (Å²) < 4.78 is 190. The SMILES string of the molecule is [2H]C([2H])([2H])c1c(-c2ccc(C)c(-c3cccc4c3[se]c3ccccc34)c2C)ccc(C)c1-c1cccc2c1Oc1ccccc1C2(C)C([2H])([2H])[2H].[2H]C([2H])([2H])c1c(-c2ccc(C)c(-c3cccc4c3oc3ccccc34)c2C)ccc(C)c1-c1cccc2c1Oc1ccccc1C2(C)C([2H])([2H])[2H].[2H]C([2H])([2H])c1c(-c2ccc(C)c(-c3cccc4c3sc3ccccc34)c2C)ccc(C)c1-c1cccc2c1Oc1ccccc1C2(C)C([2H])([2H])[2H]. The molecule has 6 heteroatoms. The second kappa shape index (κ2) is 33.2. The summed E-state index contributed by atoms with van der Waals surface area (Å²) in [4.78, 5) is 0. The van der Waals surface area contributed by atoms with Crippen LogP contribution in [0.4, 0.5) is 0 Å². The summed E-state index contributed by atoms with van der Waals surface area (Å²) >= 11 is 1.92. The second-order valence-corrected chi connectivity index (χ2v) is 40.1. The van der Waals surface area contributed by atoms with Gasteiger partial charge in [-0.2, -0.15) is 0 Å². The Balaban J connectivity index is 0.000000129. The zero-order chi connectivity index (χ0) is 108. The van der Waals surface area contributed by atoms with Crippen LogP contribution in [0.1, 0.15) is 166 Å². The molecule has 3 aliphatic heterocycles. The van der Waals surface area contributed by atoms with Crippen molar-refractivity contribution in [1.82, 2.24) is 0 Å². The summed E-state index contributed by atoms with van der Waals surface area (Å²) in [7, 11) is 0. The Bertz CT molecular complexity index is 8460. The van der Waals surface area contributed by atoms with E-state index in [2.05, 4.69) is 150 Å². The second-order valence-electron chi connectivity index (χ2n) is 36.9. The first kappa shape index (κ1) is 68.0. The predicted molar refractivity (Wildman–Crippen MR) is 573 cm³/mol. The molecule has 3 aromatic heterocycles. The fourth-order valence-electron chi connectivity index (χ4n) is 21.7. The van der Waals surface area contributed by atoms with Crippen molar-refractivity contribution in [2.24, 2.45) is 0 Å². The van der Waals surface area contributed by atoms with E-state index in [0.717, 1.165) is 117 Å². The average Bonchev–Trinajstić information content (AvgIpc) is 1.58. The van der Waals surface area contributed by atoms with Crippen LogP contribution in [0.3, 0.4) is 0 Å². The van der Waals surface area contributed by atoms with E-state index < -0.39 is 57.4 Å². The van der Waals surface area contributed by atoms with Crippen molar-refractivity contribution < 1.29 is 43.3 Å². The van der Waals surface area contributed by atoms with E-state index in [4.69, 9.17) is 43.3 Å². The number of furan rings is 1. The first-order chi connectivity index (χ1) is 72.6. The van der Waals surface area contributed by atoms with E-state index in [1.807, 2.05) is 179 Å². The van der Waals surface area contributed by atoms with Crippen molar-refractivity contribution >= 4 is 87.2 Å². The van der Waals surface area contributed by atoms with Crippen LogP contribution in [0.5, 0.6) is 34.5 Å². The number of thiophene rings is 1. The number of para-hydroxylation sites is 8. The molecule has 0 bridgehead atoms. The molecular formula is C129H108O4SSe. The Morgan fingerprint density at radius 2 is 0.570 bits per heavy atom. The Hall–Kier alpha value is -14.1. The molecule has 6 heterocycles. The van der Waals surface area contributed by atoms with Crippen molar-refractivity contribution in [2.75, 3.05) is 0 Å². The van der Waals surface area contributed by atoms with Crippen LogP contribution < -0.4 is 14.2 Å². The Morgan fingerprint density at radius 3 is 1.01 bits per heavy atom. The molecule has 0 spiro atoms. The number of aryl methyl sites for hydroxylation is 6. The molecule has 0 saturated heterocycles. The van der Waals surface area contributed by atoms with E-state index in [1.165, 1.54) is 45.0 Å². The van der Waals surface area contributed by atoms with Crippen molar-refractivity contribution in [2.45, 2.75) is 140 Å². The van der Waals surface area contributed by atoms with Crippen LogP contribution in [-0.2, 0) is 16.2 Å². The summed E-state index contributed by atoms with van der Waals surface area (Å²) in [6.45, 7) is 8.63. The third-order valence-electron chi connectivity index (χ3n) is 28.5. The number of rotatable bonds is 9. The minimum Gasteiger partial charge on any atom is -0.456 e. The minimum absolute atomic E-state index is 0.145. The summed E-state index contributed by atoms with van der Waals surface area (Å²) in [5, 5.41) is 7.06. The van der Waals surface area contributed by atoms with Gasteiger partial charge in [0.25, 0.3) is 0 Å². The smallest absolute Gasteiger partial charge is 0.456 e. The molecule has 0 aliphatic carbocycles. The van der Waals surface area contributed by atoms with Crippen molar-refractivity contribution in [3.8, 4) is 135 Å². The fraction of sp³-hybridized carbons (Fsp3) is 0.163. The summed E-state index contributed by atoms with van der Waals surface area (Å²) in [6.07, 6.45) is 0. The average molecular weight is 1850 g/mol. The van der Waals surface area contributed by atoms with Crippen LogP contribution in [0.15, 0.2) is 332 Å². The maximum absolute atomic E-state index is 8.99. The van der Waals surface area contributed by atoms with Gasteiger partial charge in [0.2, 0.25) is 0 Å². The maximum atomic E-state index is 8.99. The van der Waals surface area contributed by atoms with Gasteiger partial charge < -0.3 is 13.9 Å². The molecule has 660 valence electrons. The number of hydrogen-bond donors (Lipinski definition) is 0. The molecule has 0 fully saturated rings. The molecule has 0 radical (unpaired) electrons. The molecule has 3 aliphatic rings.